The maximum atomic E-state index is 12.7. The van der Waals surface area contributed by atoms with Crippen molar-refractivity contribution >= 4 is 33.2 Å². The summed E-state index contributed by atoms with van der Waals surface area (Å²) in [6.07, 6.45) is 0. The van der Waals surface area contributed by atoms with Crippen molar-refractivity contribution in [3.63, 3.8) is 0 Å². The van der Waals surface area contributed by atoms with Crippen molar-refractivity contribution in [2.45, 2.75) is 6.61 Å². The molecular formula is C18H17BrF2N2O3. The number of halogens is 3. The third-order valence-electron chi connectivity index (χ3n) is 3.91. The Morgan fingerprint density at radius 1 is 1.19 bits per heavy atom. The Labute approximate surface area is 158 Å². The van der Waals surface area contributed by atoms with E-state index in [-0.39, 0.29) is 11.3 Å². The number of nitrogens with one attached hydrogen (secondary N) is 1. The number of carbonyl (C=O) groups is 1. The zero-order chi connectivity index (χ0) is 18.5. The van der Waals surface area contributed by atoms with Crippen LogP contribution in [-0.4, -0.2) is 38.8 Å². The van der Waals surface area contributed by atoms with Gasteiger partial charge in [-0.15, -0.1) is 0 Å². The molecule has 0 saturated carbocycles. The van der Waals surface area contributed by atoms with E-state index in [1.54, 1.807) is 12.1 Å². The number of nitrogens with zero attached hydrogens (tertiary/aromatic N) is 1. The normalized spacial score (nSPS) is 14.4. The van der Waals surface area contributed by atoms with E-state index < -0.39 is 12.5 Å². The number of ether oxygens (including phenoxy) is 2. The molecule has 26 heavy (non-hydrogen) atoms. The molecule has 1 amide bonds. The largest absolute Gasteiger partial charge is 0.434 e. The van der Waals surface area contributed by atoms with Gasteiger partial charge in [-0.1, -0.05) is 28.1 Å². The molecule has 1 aliphatic rings. The van der Waals surface area contributed by atoms with Crippen LogP contribution in [0.4, 0.5) is 20.2 Å². The maximum Gasteiger partial charge on any atom is 0.387 e. The van der Waals surface area contributed by atoms with Crippen molar-refractivity contribution < 1.29 is 23.0 Å². The standard InChI is InChI=1S/C18H17BrF2N2O3/c19-12-5-6-15(23-7-9-25-10-8-23)14(11-12)22-17(24)13-3-1-2-4-16(13)26-18(20)21/h1-6,11,18H,7-10H2,(H,22,24). The topological polar surface area (TPSA) is 50.8 Å². The molecule has 3 rings (SSSR count). The highest BCUT2D eigenvalue weighted by Gasteiger charge is 2.19. The first kappa shape index (κ1) is 18.6. The molecule has 1 heterocycles. The van der Waals surface area contributed by atoms with E-state index in [0.29, 0.717) is 32.0 Å². The fourth-order valence-corrected chi connectivity index (χ4v) is 3.09. The number of morpholine rings is 1. The summed E-state index contributed by atoms with van der Waals surface area (Å²) < 4.78 is 35.7. The van der Waals surface area contributed by atoms with Gasteiger partial charge in [0.2, 0.25) is 0 Å². The SMILES string of the molecule is O=C(Nc1cc(Br)ccc1N1CCOCC1)c1ccccc1OC(F)F. The van der Waals surface area contributed by atoms with E-state index in [4.69, 9.17) is 4.74 Å². The molecular weight excluding hydrogens is 410 g/mol. The van der Waals surface area contributed by atoms with Crippen molar-refractivity contribution in [2.24, 2.45) is 0 Å². The minimum Gasteiger partial charge on any atom is -0.434 e. The quantitative estimate of drug-likeness (QED) is 0.780. The number of anilines is 2. The van der Waals surface area contributed by atoms with E-state index in [9.17, 15) is 13.6 Å². The summed E-state index contributed by atoms with van der Waals surface area (Å²) >= 11 is 3.40. The number of para-hydroxylation sites is 1. The Bertz CT molecular complexity index is 783. The third kappa shape index (κ3) is 4.50. The highest BCUT2D eigenvalue weighted by atomic mass is 79.9. The first-order valence-corrected chi connectivity index (χ1v) is 8.81. The van der Waals surface area contributed by atoms with Crippen LogP contribution < -0.4 is 15.0 Å². The zero-order valence-corrected chi connectivity index (χ0v) is 15.3. The van der Waals surface area contributed by atoms with E-state index in [1.807, 2.05) is 12.1 Å². The highest BCUT2D eigenvalue weighted by molar-refractivity contribution is 9.10. The smallest absolute Gasteiger partial charge is 0.387 e. The molecule has 138 valence electrons. The summed E-state index contributed by atoms with van der Waals surface area (Å²) in [6, 6.07) is 11.5. The van der Waals surface area contributed by atoms with E-state index in [2.05, 4.69) is 30.9 Å². The number of carbonyl (C=O) groups excluding carboxylic acids is 1. The number of benzene rings is 2. The van der Waals surface area contributed by atoms with Crippen LogP contribution in [0.25, 0.3) is 0 Å². The molecule has 0 aliphatic carbocycles. The van der Waals surface area contributed by atoms with Gasteiger partial charge in [0.15, 0.2) is 0 Å². The highest BCUT2D eigenvalue weighted by Crippen LogP contribution is 2.31. The van der Waals surface area contributed by atoms with Gasteiger partial charge in [-0.25, -0.2) is 0 Å². The lowest BCUT2D eigenvalue weighted by Gasteiger charge is -2.30. The van der Waals surface area contributed by atoms with Gasteiger partial charge in [-0.2, -0.15) is 8.78 Å². The number of hydrogen-bond acceptors (Lipinski definition) is 4. The molecule has 1 saturated heterocycles. The number of hydrogen-bond donors (Lipinski definition) is 1. The summed E-state index contributed by atoms with van der Waals surface area (Å²) in [5, 5.41) is 2.80. The van der Waals surface area contributed by atoms with Crippen molar-refractivity contribution in [1.82, 2.24) is 0 Å². The van der Waals surface area contributed by atoms with Crippen LogP contribution in [-0.2, 0) is 4.74 Å². The van der Waals surface area contributed by atoms with Gasteiger partial charge in [-0.05, 0) is 30.3 Å². The minimum absolute atomic E-state index is 0.0423. The lowest BCUT2D eigenvalue weighted by molar-refractivity contribution is -0.0501. The van der Waals surface area contributed by atoms with Gasteiger partial charge in [-0.3, -0.25) is 4.79 Å². The molecule has 1 fully saturated rings. The number of rotatable bonds is 5. The van der Waals surface area contributed by atoms with Crippen LogP contribution in [0.1, 0.15) is 10.4 Å². The molecule has 1 N–H and O–H groups in total. The van der Waals surface area contributed by atoms with Crippen molar-refractivity contribution in [3.05, 3.63) is 52.5 Å². The molecule has 2 aromatic carbocycles. The third-order valence-corrected chi connectivity index (χ3v) is 4.40. The van der Waals surface area contributed by atoms with Crippen LogP contribution in [0.5, 0.6) is 5.75 Å². The lowest BCUT2D eigenvalue weighted by Crippen LogP contribution is -2.36. The summed E-state index contributed by atoms with van der Waals surface area (Å²) in [6.45, 7) is -0.382. The van der Waals surface area contributed by atoms with Gasteiger partial charge in [0.1, 0.15) is 5.75 Å². The fourth-order valence-electron chi connectivity index (χ4n) is 2.73. The monoisotopic (exact) mass is 426 g/mol. The summed E-state index contributed by atoms with van der Waals surface area (Å²) in [4.78, 5) is 14.8. The van der Waals surface area contributed by atoms with Gasteiger partial charge in [0, 0.05) is 17.6 Å². The van der Waals surface area contributed by atoms with E-state index >= 15 is 0 Å². The number of amides is 1. The molecule has 5 nitrogen and oxygen atoms in total. The molecule has 1 aliphatic heterocycles. The molecule has 0 aromatic heterocycles. The zero-order valence-electron chi connectivity index (χ0n) is 13.8. The predicted octanol–water partition coefficient (Wildman–Crippen LogP) is 4.14. The van der Waals surface area contributed by atoms with Crippen molar-refractivity contribution in [2.75, 3.05) is 36.5 Å². The summed E-state index contributed by atoms with van der Waals surface area (Å²) in [5.41, 5.74) is 1.47. The Hall–Kier alpha value is -2.19. The van der Waals surface area contributed by atoms with Crippen LogP contribution >= 0.6 is 15.9 Å². The van der Waals surface area contributed by atoms with Crippen LogP contribution in [0, 0.1) is 0 Å². The Morgan fingerprint density at radius 3 is 2.65 bits per heavy atom. The van der Waals surface area contributed by atoms with Gasteiger partial charge in [0.25, 0.3) is 5.91 Å². The molecule has 0 radical (unpaired) electrons. The molecule has 2 aromatic rings. The average Bonchev–Trinajstić information content (AvgIpc) is 2.62. The molecule has 0 atom stereocenters. The molecule has 0 unspecified atom stereocenters. The Morgan fingerprint density at radius 2 is 1.92 bits per heavy atom. The van der Waals surface area contributed by atoms with Crippen molar-refractivity contribution in [3.8, 4) is 5.75 Å². The second-order valence-corrected chi connectivity index (χ2v) is 6.51. The van der Waals surface area contributed by atoms with Gasteiger partial charge >= 0.3 is 6.61 Å². The maximum absolute atomic E-state index is 12.7. The lowest BCUT2D eigenvalue weighted by atomic mass is 10.1. The van der Waals surface area contributed by atoms with E-state index in [0.717, 1.165) is 10.2 Å². The summed E-state index contributed by atoms with van der Waals surface area (Å²) in [7, 11) is 0. The van der Waals surface area contributed by atoms with Crippen LogP contribution in [0.15, 0.2) is 46.9 Å². The molecule has 0 spiro atoms. The van der Waals surface area contributed by atoms with Gasteiger partial charge in [0.05, 0.1) is 30.2 Å². The van der Waals surface area contributed by atoms with Crippen molar-refractivity contribution in [1.29, 1.82) is 0 Å². The van der Waals surface area contributed by atoms with Gasteiger partial charge < -0.3 is 19.7 Å². The fraction of sp³-hybridized carbons (Fsp3) is 0.278. The Kier molecular flexibility index (Phi) is 6.05. The predicted molar refractivity (Wildman–Crippen MR) is 98.2 cm³/mol. The average molecular weight is 427 g/mol. The second-order valence-electron chi connectivity index (χ2n) is 5.59. The molecule has 8 heteroatoms. The first-order chi connectivity index (χ1) is 12.5. The minimum atomic E-state index is -3.00. The van der Waals surface area contributed by atoms with Crippen LogP contribution in [0.2, 0.25) is 0 Å². The second kappa shape index (κ2) is 8.46. The summed E-state index contributed by atoms with van der Waals surface area (Å²) in [5.74, 6) is -0.684. The number of alkyl halides is 2. The Balaban J connectivity index is 1.87. The van der Waals surface area contributed by atoms with Crippen LogP contribution in [0.3, 0.4) is 0 Å². The van der Waals surface area contributed by atoms with E-state index in [1.165, 1.54) is 18.2 Å². The first-order valence-electron chi connectivity index (χ1n) is 8.02. The molecule has 0 bridgehead atoms.